The van der Waals surface area contributed by atoms with E-state index in [-0.39, 0.29) is 0 Å². The van der Waals surface area contributed by atoms with Crippen LogP contribution in [0.2, 0.25) is 0 Å². The number of rotatable bonds is 3. The number of anilines is 1. The normalized spacial score (nSPS) is 9.75. The largest absolute Gasteiger partial charge is 0.419 e. The van der Waals surface area contributed by atoms with E-state index in [9.17, 15) is 0 Å². The number of nitrogens with zero attached hydrogens (tertiary/aromatic N) is 2. The van der Waals surface area contributed by atoms with Crippen LogP contribution in [0.5, 0.6) is 0 Å². The van der Waals surface area contributed by atoms with Gasteiger partial charge in [0.05, 0.1) is 0 Å². The molecule has 0 saturated heterocycles. The number of nitriles is 1. The zero-order chi connectivity index (χ0) is 11.4. The van der Waals surface area contributed by atoms with E-state index in [2.05, 4.69) is 10.3 Å². The summed E-state index contributed by atoms with van der Waals surface area (Å²) in [5.74, 6) is 0.900. The topological polar surface area (TPSA) is 61.9 Å². The Labute approximate surface area is 93.5 Å². The molecule has 0 spiro atoms. The summed E-state index contributed by atoms with van der Waals surface area (Å²) in [6, 6.07) is 11.5. The zero-order valence-electron chi connectivity index (χ0n) is 8.90. The Balaban J connectivity index is 2.41. The van der Waals surface area contributed by atoms with Crippen LogP contribution in [-0.4, -0.2) is 11.5 Å². The molecular formula is C12H11N3O. The fourth-order valence-corrected chi connectivity index (χ4v) is 1.38. The molecule has 16 heavy (non-hydrogen) atoms. The lowest BCUT2D eigenvalue weighted by atomic mass is 10.2. The summed E-state index contributed by atoms with van der Waals surface area (Å²) in [7, 11) is 0. The van der Waals surface area contributed by atoms with Gasteiger partial charge in [0.25, 0.3) is 0 Å². The minimum atomic E-state index is 0.292. The highest BCUT2D eigenvalue weighted by Gasteiger charge is 2.12. The van der Waals surface area contributed by atoms with Crippen molar-refractivity contribution in [1.29, 1.82) is 5.26 Å². The fraction of sp³-hybridized carbons (Fsp3) is 0.167. The number of hydrogen-bond acceptors (Lipinski definition) is 4. The van der Waals surface area contributed by atoms with Gasteiger partial charge in [-0.2, -0.15) is 10.2 Å². The molecule has 0 unspecified atom stereocenters. The van der Waals surface area contributed by atoms with Crippen molar-refractivity contribution < 1.29 is 4.42 Å². The van der Waals surface area contributed by atoms with Crippen LogP contribution in [0.1, 0.15) is 12.6 Å². The molecule has 0 aliphatic rings. The van der Waals surface area contributed by atoms with E-state index in [1.54, 1.807) is 0 Å². The molecule has 1 aromatic heterocycles. The number of nitrogens with one attached hydrogen (secondary N) is 1. The maximum Gasteiger partial charge on any atom is 0.232 e. The Kier molecular flexibility index (Phi) is 2.88. The Morgan fingerprint density at radius 1 is 1.38 bits per heavy atom. The second-order valence-corrected chi connectivity index (χ2v) is 3.20. The van der Waals surface area contributed by atoms with Gasteiger partial charge in [-0.1, -0.05) is 18.2 Å². The second-order valence-electron chi connectivity index (χ2n) is 3.20. The molecule has 0 aliphatic heterocycles. The Hall–Kier alpha value is -2.28. The molecule has 0 aliphatic carbocycles. The quantitative estimate of drug-likeness (QED) is 0.851. The average molecular weight is 213 g/mol. The average Bonchev–Trinajstić information content (AvgIpc) is 2.74. The first-order valence-corrected chi connectivity index (χ1v) is 5.05. The summed E-state index contributed by atoms with van der Waals surface area (Å²) in [5, 5.41) is 11.9. The monoisotopic (exact) mass is 213 g/mol. The van der Waals surface area contributed by atoms with Gasteiger partial charge in [-0.15, -0.1) is 0 Å². The van der Waals surface area contributed by atoms with E-state index >= 15 is 0 Å². The summed E-state index contributed by atoms with van der Waals surface area (Å²) in [6.45, 7) is 2.63. The Morgan fingerprint density at radius 2 is 2.12 bits per heavy atom. The zero-order valence-corrected chi connectivity index (χ0v) is 8.90. The lowest BCUT2D eigenvalue weighted by Crippen LogP contribution is -1.96. The van der Waals surface area contributed by atoms with Crippen LogP contribution in [0.3, 0.4) is 0 Å². The maximum atomic E-state index is 8.89. The Bertz CT molecular complexity index is 511. The van der Waals surface area contributed by atoms with Gasteiger partial charge in [-0.05, 0) is 19.1 Å². The SMILES string of the molecule is CCNc1oc(-c2ccccc2)nc1C#N. The van der Waals surface area contributed by atoms with E-state index in [0.717, 1.165) is 5.56 Å². The van der Waals surface area contributed by atoms with Gasteiger partial charge in [-0.3, -0.25) is 0 Å². The molecule has 0 fully saturated rings. The number of benzene rings is 1. The lowest BCUT2D eigenvalue weighted by Gasteiger charge is -1.96. The summed E-state index contributed by atoms with van der Waals surface area (Å²) >= 11 is 0. The van der Waals surface area contributed by atoms with Crippen LogP contribution in [0, 0.1) is 11.3 Å². The van der Waals surface area contributed by atoms with E-state index in [1.165, 1.54) is 0 Å². The van der Waals surface area contributed by atoms with Crippen molar-refractivity contribution in [2.45, 2.75) is 6.92 Å². The first-order chi connectivity index (χ1) is 7.85. The molecule has 1 heterocycles. The van der Waals surface area contributed by atoms with Gasteiger partial charge >= 0.3 is 0 Å². The van der Waals surface area contributed by atoms with Crippen LogP contribution >= 0.6 is 0 Å². The number of aromatic nitrogens is 1. The van der Waals surface area contributed by atoms with Gasteiger partial charge in [0.2, 0.25) is 17.5 Å². The summed E-state index contributed by atoms with van der Waals surface area (Å²) < 4.78 is 5.49. The predicted octanol–water partition coefficient (Wildman–Crippen LogP) is 2.65. The molecule has 0 radical (unpaired) electrons. The molecule has 0 amide bonds. The maximum absolute atomic E-state index is 8.89. The molecule has 2 aromatic rings. The summed E-state index contributed by atoms with van der Waals surface area (Å²) in [5.41, 5.74) is 1.16. The standard InChI is InChI=1S/C12H11N3O/c1-2-14-12-10(8-13)15-11(16-12)9-6-4-3-5-7-9/h3-7,14H,2H2,1H3. The minimum Gasteiger partial charge on any atom is -0.419 e. The van der Waals surface area contributed by atoms with Crippen molar-refractivity contribution >= 4 is 5.88 Å². The summed E-state index contributed by atoms with van der Waals surface area (Å²) in [4.78, 5) is 4.13. The molecule has 4 nitrogen and oxygen atoms in total. The van der Waals surface area contributed by atoms with E-state index in [4.69, 9.17) is 9.68 Å². The van der Waals surface area contributed by atoms with Gasteiger partial charge < -0.3 is 9.73 Å². The molecule has 0 saturated carbocycles. The smallest absolute Gasteiger partial charge is 0.232 e. The fourth-order valence-electron chi connectivity index (χ4n) is 1.38. The van der Waals surface area contributed by atoms with Crippen molar-refractivity contribution in [3.8, 4) is 17.5 Å². The predicted molar refractivity (Wildman–Crippen MR) is 60.8 cm³/mol. The van der Waals surface area contributed by atoms with Crippen molar-refractivity contribution in [2.75, 3.05) is 11.9 Å². The van der Waals surface area contributed by atoms with Gasteiger partial charge in [0.1, 0.15) is 6.07 Å². The number of oxazole rings is 1. The van der Waals surface area contributed by atoms with Gasteiger partial charge in [0, 0.05) is 12.1 Å². The van der Waals surface area contributed by atoms with Crippen molar-refractivity contribution in [1.82, 2.24) is 4.98 Å². The molecule has 1 aromatic carbocycles. The van der Waals surface area contributed by atoms with E-state index in [1.807, 2.05) is 43.3 Å². The minimum absolute atomic E-state index is 0.292. The molecule has 4 heteroatoms. The van der Waals surface area contributed by atoms with Crippen molar-refractivity contribution in [3.63, 3.8) is 0 Å². The molecule has 0 atom stereocenters. The van der Waals surface area contributed by atoms with Crippen LogP contribution in [0.4, 0.5) is 5.88 Å². The Morgan fingerprint density at radius 3 is 2.75 bits per heavy atom. The highest BCUT2D eigenvalue weighted by atomic mass is 16.4. The molecule has 2 rings (SSSR count). The van der Waals surface area contributed by atoms with Crippen LogP contribution in [0.25, 0.3) is 11.5 Å². The third-order valence-corrected chi connectivity index (χ3v) is 2.09. The summed E-state index contributed by atoms with van der Waals surface area (Å²) in [6.07, 6.45) is 0. The van der Waals surface area contributed by atoms with Crippen LogP contribution in [0.15, 0.2) is 34.7 Å². The first kappa shape index (κ1) is 10.2. The van der Waals surface area contributed by atoms with Crippen LogP contribution in [-0.2, 0) is 0 Å². The van der Waals surface area contributed by atoms with Crippen molar-refractivity contribution in [2.24, 2.45) is 0 Å². The second kappa shape index (κ2) is 4.49. The molecular weight excluding hydrogens is 202 g/mol. The van der Waals surface area contributed by atoms with Crippen LogP contribution < -0.4 is 5.32 Å². The molecule has 1 N–H and O–H groups in total. The van der Waals surface area contributed by atoms with Gasteiger partial charge in [0.15, 0.2) is 0 Å². The van der Waals surface area contributed by atoms with E-state index in [0.29, 0.717) is 24.0 Å². The highest BCUT2D eigenvalue weighted by Crippen LogP contribution is 2.24. The lowest BCUT2D eigenvalue weighted by molar-refractivity contribution is 0.586. The number of hydrogen-bond donors (Lipinski definition) is 1. The third kappa shape index (κ3) is 1.89. The molecule has 0 bridgehead atoms. The highest BCUT2D eigenvalue weighted by molar-refractivity contribution is 5.58. The van der Waals surface area contributed by atoms with Crippen molar-refractivity contribution in [3.05, 3.63) is 36.0 Å². The molecule has 80 valence electrons. The third-order valence-electron chi connectivity index (χ3n) is 2.09. The van der Waals surface area contributed by atoms with Gasteiger partial charge in [-0.25, -0.2) is 0 Å². The van der Waals surface area contributed by atoms with E-state index < -0.39 is 0 Å². The first-order valence-electron chi connectivity index (χ1n) is 5.05.